The third-order valence-electron chi connectivity index (χ3n) is 0.460. The molecule has 0 aromatic heterocycles. The maximum atomic E-state index is 8.42. The van der Waals surface area contributed by atoms with E-state index in [1.807, 2.05) is 0 Å². The summed E-state index contributed by atoms with van der Waals surface area (Å²) in [5.74, 6) is -1.76. The van der Waals surface area contributed by atoms with Gasteiger partial charge in [0.15, 0.2) is 0 Å². The molecule has 0 rings (SSSR count). The van der Waals surface area contributed by atoms with Gasteiger partial charge in [0.1, 0.15) is 0 Å². The largest absolute Gasteiger partial charge is 0.354 e. The fourth-order valence-electron chi connectivity index (χ4n) is 0.237. The fraction of sp³-hybridized carbons (Fsp3) is 0.750. The predicted octanol–water partition coefficient (Wildman–Crippen LogP) is -0.932. The van der Waals surface area contributed by atoms with E-state index >= 15 is 0 Å². The highest BCUT2D eigenvalue weighted by molar-refractivity contribution is 4.52. The van der Waals surface area contributed by atoms with E-state index in [0.29, 0.717) is 6.54 Å². The molecule has 1 radical (unpaired) electrons. The monoisotopic (exact) mass is 104 g/mol. The summed E-state index contributed by atoms with van der Waals surface area (Å²) in [6.45, 7) is 4.88. The van der Waals surface area contributed by atoms with Crippen molar-refractivity contribution in [1.29, 1.82) is 0 Å². The van der Waals surface area contributed by atoms with Crippen molar-refractivity contribution in [3.05, 3.63) is 6.92 Å². The van der Waals surface area contributed by atoms with Gasteiger partial charge in [-0.2, -0.15) is 0 Å². The summed E-state index contributed by atoms with van der Waals surface area (Å²) >= 11 is 0. The third kappa shape index (κ3) is 5.88. The molecule has 0 amide bonds. The van der Waals surface area contributed by atoms with Crippen molar-refractivity contribution < 1.29 is 10.2 Å². The van der Waals surface area contributed by atoms with Gasteiger partial charge < -0.3 is 10.2 Å². The van der Waals surface area contributed by atoms with Crippen LogP contribution in [-0.2, 0) is 0 Å². The summed E-state index contributed by atoms with van der Waals surface area (Å²) in [7, 11) is 0. The molecule has 0 saturated carbocycles. The normalized spacial score (nSPS) is 12.0. The molecule has 3 heteroatoms. The predicted molar refractivity (Wildman–Crippen MR) is 26.2 cm³/mol. The average molecular weight is 104 g/mol. The molecule has 0 aromatic carbocycles. The summed E-state index contributed by atoms with van der Waals surface area (Å²) in [6.07, 6.45) is 0. The number of nitrogens with one attached hydrogen (secondary N) is 1. The Balaban J connectivity index is 3.15. The quantitative estimate of drug-likeness (QED) is 0.397. The van der Waals surface area contributed by atoms with Crippen LogP contribution in [0.5, 0.6) is 0 Å². The number of hydrogen-bond donors (Lipinski definition) is 3. The number of aliphatic hydroxyl groups is 2. The van der Waals surface area contributed by atoms with E-state index in [0.717, 1.165) is 0 Å². The van der Waals surface area contributed by atoms with E-state index < -0.39 is 5.91 Å². The molecule has 3 N–H and O–H groups in total. The summed E-state index contributed by atoms with van der Waals surface area (Å²) in [6, 6.07) is 0. The van der Waals surface area contributed by atoms with Gasteiger partial charge in [-0.3, -0.25) is 5.32 Å². The Morgan fingerprint density at radius 3 is 2.14 bits per heavy atom. The molecule has 0 saturated heterocycles. The van der Waals surface area contributed by atoms with Crippen molar-refractivity contribution in [3.8, 4) is 0 Å². The Bertz CT molecular complexity index is 48.1. The molecule has 3 nitrogen and oxygen atoms in total. The minimum Gasteiger partial charge on any atom is -0.354 e. The zero-order valence-corrected chi connectivity index (χ0v) is 4.31. The van der Waals surface area contributed by atoms with E-state index in [2.05, 4.69) is 12.2 Å². The van der Waals surface area contributed by atoms with Gasteiger partial charge in [0.2, 0.25) is 5.91 Å². The Hall–Kier alpha value is -0.120. The lowest BCUT2D eigenvalue weighted by atomic mass is 10.5. The SMILES string of the molecule is [CH2]CNC(C)(O)O. The smallest absolute Gasteiger partial charge is 0.219 e. The second-order valence-corrected chi connectivity index (χ2v) is 1.45. The third-order valence-corrected chi connectivity index (χ3v) is 0.460. The van der Waals surface area contributed by atoms with Crippen molar-refractivity contribution in [3.63, 3.8) is 0 Å². The van der Waals surface area contributed by atoms with Crippen LogP contribution in [0.25, 0.3) is 0 Å². The molecule has 0 aromatic rings. The molecule has 0 aliphatic heterocycles. The minimum atomic E-state index is -1.76. The number of hydrogen-bond acceptors (Lipinski definition) is 3. The molecule has 0 aliphatic rings. The highest BCUT2D eigenvalue weighted by atomic mass is 16.5. The van der Waals surface area contributed by atoms with Gasteiger partial charge in [-0.15, -0.1) is 0 Å². The van der Waals surface area contributed by atoms with Gasteiger partial charge in [0, 0.05) is 13.5 Å². The fourth-order valence-corrected chi connectivity index (χ4v) is 0.237. The first kappa shape index (κ1) is 6.88. The van der Waals surface area contributed by atoms with E-state index in [1.54, 1.807) is 0 Å². The lowest BCUT2D eigenvalue weighted by Crippen LogP contribution is -2.41. The van der Waals surface area contributed by atoms with Crippen molar-refractivity contribution in [2.24, 2.45) is 0 Å². The topological polar surface area (TPSA) is 52.5 Å². The van der Waals surface area contributed by atoms with E-state index in [1.165, 1.54) is 6.92 Å². The molecule has 43 valence electrons. The molecule has 0 unspecified atom stereocenters. The zero-order chi connectivity index (χ0) is 5.91. The van der Waals surface area contributed by atoms with Gasteiger partial charge in [-0.25, -0.2) is 0 Å². The standard InChI is InChI=1S/C4H10NO2/c1-3-5-4(2,6)7/h5-7H,1,3H2,2H3. The van der Waals surface area contributed by atoms with Crippen molar-refractivity contribution in [1.82, 2.24) is 5.32 Å². The number of rotatable bonds is 2. The molecule has 0 bridgehead atoms. The lowest BCUT2D eigenvalue weighted by Gasteiger charge is -2.14. The van der Waals surface area contributed by atoms with Crippen LogP contribution in [0.2, 0.25) is 0 Å². The second kappa shape index (κ2) is 2.26. The highest BCUT2D eigenvalue weighted by Crippen LogP contribution is 1.85. The second-order valence-electron chi connectivity index (χ2n) is 1.45. The molecule has 0 spiro atoms. The van der Waals surface area contributed by atoms with Crippen molar-refractivity contribution in [2.75, 3.05) is 6.54 Å². The van der Waals surface area contributed by atoms with Crippen molar-refractivity contribution in [2.45, 2.75) is 12.8 Å². The molecule has 7 heavy (non-hydrogen) atoms. The van der Waals surface area contributed by atoms with Crippen LogP contribution in [0.1, 0.15) is 6.92 Å². The molecule has 0 aliphatic carbocycles. The summed E-state index contributed by atoms with van der Waals surface area (Å²) in [5, 5.41) is 19.1. The van der Waals surface area contributed by atoms with E-state index in [9.17, 15) is 0 Å². The van der Waals surface area contributed by atoms with Crippen molar-refractivity contribution >= 4 is 0 Å². The molecule has 0 fully saturated rings. The maximum absolute atomic E-state index is 8.42. The molecular weight excluding hydrogens is 94.0 g/mol. The first-order valence-corrected chi connectivity index (χ1v) is 2.05. The molecule has 0 atom stereocenters. The molecule has 0 heterocycles. The van der Waals surface area contributed by atoms with Crippen LogP contribution in [0, 0.1) is 6.92 Å². The first-order chi connectivity index (χ1) is 3.06. The van der Waals surface area contributed by atoms with Gasteiger partial charge in [-0.1, -0.05) is 0 Å². The zero-order valence-electron chi connectivity index (χ0n) is 4.31. The van der Waals surface area contributed by atoms with Crippen LogP contribution in [0.4, 0.5) is 0 Å². The van der Waals surface area contributed by atoms with E-state index in [4.69, 9.17) is 10.2 Å². The Morgan fingerprint density at radius 2 is 2.14 bits per heavy atom. The van der Waals surface area contributed by atoms with Crippen LogP contribution >= 0.6 is 0 Å². The lowest BCUT2D eigenvalue weighted by molar-refractivity contribution is -0.167. The summed E-state index contributed by atoms with van der Waals surface area (Å²) in [4.78, 5) is 0. The maximum Gasteiger partial charge on any atom is 0.219 e. The van der Waals surface area contributed by atoms with Crippen LogP contribution in [-0.4, -0.2) is 22.7 Å². The average Bonchev–Trinajstić information content (AvgIpc) is 1.30. The van der Waals surface area contributed by atoms with Crippen LogP contribution in [0.15, 0.2) is 0 Å². The van der Waals surface area contributed by atoms with Gasteiger partial charge >= 0.3 is 0 Å². The van der Waals surface area contributed by atoms with Crippen LogP contribution < -0.4 is 5.32 Å². The van der Waals surface area contributed by atoms with Gasteiger partial charge in [0.25, 0.3) is 0 Å². The Labute approximate surface area is 43.0 Å². The summed E-state index contributed by atoms with van der Waals surface area (Å²) < 4.78 is 0. The minimum absolute atomic E-state index is 0.309. The Kier molecular flexibility index (Phi) is 2.22. The van der Waals surface area contributed by atoms with E-state index in [-0.39, 0.29) is 0 Å². The van der Waals surface area contributed by atoms with Gasteiger partial charge in [0.05, 0.1) is 0 Å². The summed E-state index contributed by atoms with van der Waals surface area (Å²) in [5.41, 5.74) is 0. The first-order valence-electron chi connectivity index (χ1n) is 2.05. The molecular formula is C4H10NO2. The Morgan fingerprint density at radius 1 is 1.71 bits per heavy atom. The van der Waals surface area contributed by atoms with Gasteiger partial charge in [-0.05, 0) is 6.92 Å². The van der Waals surface area contributed by atoms with Crippen LogP contribution in [0.3, 0.4) is 0 Å². The highest BCUT2D eigenvalue weighted by Gasteiger charge is 2.09.